The van der Waals surface area contributed by atoms with Gasteiger partial charge in [0.1, 0.15) is 0 Å². The van der Waals surface area contributed by atoms with Crippen LogP contribution in [-0.4, -0.2) is 5.78 Å². The van der Waals surface area contributed by atoms with Crippen molar-refractivity contribution in [2.75, 3.05) is 5.73 Å². The number of ketones is 1. The fourth-order valence-electron chi connectivity index (χ4n) is 3.31. The molecule has 2 aromatic carbocycles. The Morgan fingerprint density at radius 1 is 1.08 bits per heavy atom. The lowest BCUT2D eigenvalue weighted by molar-refractivity contribution is -0.137. The third-order valence-corrected chi connectivity index (χ3v) is 5.67. The van der Waals surface area contributed by atoms with Crippen LogP contribution >= 0.6 is 22.9 Å². The lowest BCUT2D eigenvalue weighted by Gasteiger charge is -2.14. The summed E-state index contributed by atoms with van der Waals surface area (Å²) in [5, 5.41) is 0.701. The van der Waals surface area contributed by atoms with Gasteiger partial charge >= 0.3 is 6.18 Å². The fraction of sp³-hybridized carbons (Fsp3) is 0.105. The zero-order valence-electron chi connectivity index (χ0n) is 13.2. The maximum atomic E-state index is 13.5. The molecule has 3 aromatic rings. The lowest BCUT2D eigenvalue weighted by Crippen LogP contribution is -2.09. The molecule has 7 heteroatoms. The number of halogens is 4. The zero-order chi connectivity index (χ0) is 18.6. The van der Waals surface area contributed by atoms with E-state index in [1.54, 1.807) is 30.3 Å². The Kier molecular flexibility index (Phi) is 3.86. The lowest BCUT2D eigenvalue weighted by atomic mass is 9.94. The molecule has 1 aliphatic carbocycles. The standard InChI is InChI=1S/C19H11ClF3NOS/c20-11-6-4-9(5-7-11)17(25)16-15-13(26-18(16)24)8-10-2-1-3-12(14(10)15)19(21,22)23/h1-7H,8,24H2. The highest BCUT2D eigenvalue weighted by Gasteiger charge is 2.39. The van der Waals surface area contributed by atoms with E-state index in [9.17, 15) is 18.0 Å². The molecule has 1 aliphatic rings. The van der Waals surface area contributed by atoms with Crippen LogP contribution in [0.25, 0.3) is 11.1 Å². The van der Waals surface area contributed by atoms with Gasteiger partial charge in [-0.3, -0.25) is 4.79 Å². The molecule has 0 fully saturated rings. The third kappa shape index (κ3) is 2.61. The summed E-state index contributed by atoms with van der Waals surface area (Å²) in [5.74, 6) is -0.401. The molecule has 2 nitrogen and oxygen atoms in total. The minimum absolute atomic E-state index is 0.0697. The van der Waals surface area contributed by atoms with Crippen molar-refractivity contribution in [3.05, 3.63) is 74.6 Å². The van der Waals surface area contributed by atoms with Gasteiger partial charge in [-0.2, -0.15) is 13.2 Å². The summed E-state index contributed by atoms with van der Waals surface area (Å²) in [7, 11) is 0. The Hall–Kier alpha value is -2.31. The monoisotopic (exact) mass is 393 g/mol. The first-order valence-electron chi connectivity index (χ1n) is 7.68. The molecule has 0 bridgehead atoms. The fourth-order valence-corrected chi connectivity index (χ4v) is 4.53. The van der Waals surface area contributed by atoms with Gasteiger partial charge in [0, 0.05) is 27.4 Å². The Morgan fingerprint density at radius 3 is 2.42 bits per heavy atom. The number of benzene rings is 2. The van der Waals surface area contributed by atoms with Crippen LogP contribution < -0.4 is 5.73 Å². The van der Waals surface area contributed by atoms with E-state index in [4.69, 9.17) is 17.3 Å². The molecule has 1 heterocycles. The molecule has 1 aromatic heterocycles. The quantitative estimate of drug-likeness (QED) is 0.437. The minimum atomic E-state index is -4.51. The molecule has 0 amide bonds. The first-order valence-corrected chi connectivity index (χ1v) is 8.87. The maximum Gasteiger partial charge on any atom is 0.417 e. The van der Waals surface area contributed by atoms with Crippen molar-refractivity contribution < 1.29 is 18.0 Å². The van der Waals surface area contributed by atoms with E-state index in [1.165, 1.54) is 17.4 Å². The van der Waals surface area contributed by atoms with Crippen LogP contribution in [0.2, 0.25) is 5.02 Å². The third-order valence-electron chi connectivity index (χ3n) is 4.40. The van der Waals surface area contributed by atoms with Crippen molar-refractivity contribution in [2.45, 2.75) is 12.6 Å². The van der Waals surface area contributed by atoms with Gasteiger partial charge in [-0.05, 0) is 41.5 Å². The second kappa shape index (κ2) is 5.86. The van der Waals surface area contributed by atoms with E-state index in [1.807, 2.05) is 0 Å². The highest BCUT2D eigenvalue weighted by Crippen LogP contribution is 2.51. The Labute approximate surface area is 156 Å². The van der Waals surface area contributed by atoms with Gasteiger partial charge < -0.3 is 5.73 Å². The molecule has 26 heavy (non-hydrogen) atoms. The highest BCUT2D eigenvalue weighted by atomic mass is 35.5. The van der Waals surface area contributed by atoms with Crippen LogP contribution in [0, 0.1) is 0 Å². The number of rotatable bonds is 2. The van der Waals surface area contributed by atoms with Crippen LogP contribution in [0.1, 0.15) is 31.9 Å². The van der Waals surface area contributed by atoms with E-state index in [-0.39, 0.29) is 16.1 Å². The first-order chi connectivity index (χ1) is 12.3. The number of anilines is 1. The summed E-state index contributed by atoms with van der Waals surface area (Å²) in [6, 6.07) is 10.3. The molecule has 0 atom stereocenters. The maximum absolute atomic E-state index is 13.5. The molecule has 0 saturated heterocycles. The van der Waals surface area contributed by atoms with Crippen molar-refractivity contribution in [3.63, 3.8) is 0 Å². The number of alkyl halides is 3. The van der Waals surface area contributed by atoms with Crippen molar-refractivity contribution in [2.24, 2.45) is 0 Å². The number of hydrogen-bond acceptors (Lipinski definition) is 3. The number of hydrogen-bond donors (Lipinski definition) is 1. The zero-order valence-corrected chi connectivity index (χ0v) is 14.7. The predicted molar refractivity (Wildman–Crippen MR) is 96.9 cm³/mol. The van der Waals surface area contributed by atoms with E-state index >= 15 is 0 Å². The smallest absolute Gasteiger partial charge is 0.390 e. The van der Waals surface area contributed by atoms with Gasteiger partial charge in [-0.1, -0.05) is 23.7 Å². The van der Waals surface area contributed by atoms with Crippen molar-refractivity contribution >= 4 is 33.7 Å². The van der Waals surface area contributed by atoms with E-state index in [2.05, 4.69) is 0 Å². The van der Waals surface area contributed by atoms with Gasteiger partial charge in [0.2, 0.25) is 0 Å². The molecule has 132 valence electrons. The number of nitrogen functional groups attached to an aromatic ring is 1. The van der Waals surface area contributed by atoms with Gasteiger partial charge in [0.25, 0.3) is 0 Å². The molecule has 0 aliphatic heterocycles. The average Bonchev–Trinajstić information content (AvgIpc) is 3.07. The Morgan fingerprint density at radius 2 is 1.77 bits per heavy atom. The Balaban J connectivity index is 1.94. The highest BCUT2D eigenvalue weighted by molar-refractivity contribution is 7.17. The predicted octanol–water partition coefficient (Wildman–Crippen LogP) is 5.80. The van der Waals surface area contributed by atoms with E-state index in [0.717, 1.165) is 6.07 Å². The molecular weight excluding hydrogens is 383 g/mol. The summed E-state index contributed by atoms with van der Waals surface area (Å²) in [5.41, 5.74) is 6.71. The molecule has 2 N–H and O–H groups in total. The molecule has 0 saturated carbocycles. The first kappa shape index (κ1) is 17.1. The van der Waals surface area contributed by atoms with Crippen LogP contribution in [0.15, 0.2) is 42.5 Å². The van der Waals surface area contributed by atoms with Crippen molar-refractivity contribution in [3.8, 4) is 11.1 Å². The molecule has 4 rings (SSSR count). The number of nitrogens with two attached hydrogens (primary N) is 1. The van der Waals surface area contributed by atoms with E-state index < -0.39 is 17.5 Å². The molecule has 0 radical (unpaired) electrons. The number of thiophene rings is 1. The molecule has 0 unspecified atom stereocenters. The second-order valence-corrected chi connectivity index (χ2v) is 7.56. The number of fused-ring (bicyclic) bond motifs is 3. The molecular formula is C19H11ClF3NOS. The van der Waals surface area contributed by atoms with Crippen molar-refractivity contribution in [1.82, 2.24) is 0 Å². The minimum Gasteiger partial charge on any atom is -0.390 e. The van der Waals surface area contributed by atoms with Gasteiger partial charge in [0.05, 0.1) is 16.1 Å². The summed E-state index contributed by atoms with van der Waals surface area (Å²) in [6.07, 6.45) is -4.17. The van der Waals surface area contributed by atoms with Gasteiger partial charge in [-0.15, -0.1) is 11.3 Å². The van der Waals surface area contributed by atoms with Crippen molar-refractivity contribution in [1.29, 1.82) is 0 Å². The van der Waals surface area contributed by atoms with Crippen LogP contribution in [-0.2, 0) is 12.6 Å². The summed E-state index contributed by atoms with van der Waals surface area (Å²) in [4.78, 5) is 13.7. The van der Waals surface area contributed by atoms with Crippen LogP contribution in [0.4, 0.5) is 18.2 Å². The second-order valence-electron chi connectivity index (χ2n) is 5.99. The van der Waals surface area contributed by atoms with Crippen LogP contribution in [0.3, 0.4) is 0 Å². The summed E-state index contributed by atoms with van der Waals surface area (Å²) >= 11 is 7.01. The summed E-state index contributed by atoms with van der Waals surface area (Å²) in [6.45, 7) is 0. The SMILES string of the molecule is Nc1sc2c(c1C(=O)c1ccc(Cl)cc1)-c1c(cccc1C(F)(F)F)C2. The largest absolute Gasteiger partial charge is 0.417 e. The average molecular weight is 394 g/mol. The van der Waals surface area contributed by atoms with Crippen LogP contribution in [0.5, 0.6) is 0 Å². The topological polar surface area (TPSA) is 43.1 Å². The van der Waals surface area contributed by atoms with Gasteiger partial charge in [0.15, 0.2) is 5.78 Å². The summed E-state index contributed by atoms with van der Waals surface area (Å²) < 4.78 is 40.6. The number of carbonyl (C=O) groups excluding carboxylic acids is 1. The normalized spacial score (nSPS) is 12.8. The Bertz CT molecular complexity index is 1040. The molecule has 0 spiro atoms. The number of carbonyl (C=O) groups is 1. The van der Waals surface area contributed by atoms with Gasteiger partial charge in [-0.25, -0.2) is 0 Å². The van der Waals surface area contributed by atoms with E-state index in [0.29, 0.717) is 33.0 Å².